The van der Waals surface area contributed by atoms with Crippen molar-refractivity contribution in [3.63, 3.8) is 0 Å². The summed E-state index contributed by atoms with van der Waals surface area (Å²) in [6.07, 6.45) is -0.209. The molecule has 0 bridgehead atoms. The quantitative estimate of drug-likeness (QED) is 0.0101. The predicted octanol–water partition coefficient (Wildman–Crippen LogP) is 11.5. The van der Waals surface area contributed by atoms with Gasteiger partial charge in [0, 0.05) is 48.5 Å². The van der Waals surface area contributed by atoms with Crippen molar-refractivity contribution in [1.82, 2.24) is 0 Å². The van der Waals surface area contributed by atoms with E-state index in [1.54, 1.807) is 13.8 Å². The minimum Gasteiger partial charge on any atom is -0.494 e. The highest BCUT2D eigenvalue weighted by Gasteiger charge is 2.22. The molecule has 0 fully saturated rings. The number of methoxy groups -OCH3 is 4. The first-order valence-corrected chi connectivity index (χ1v) is 38.3. The molecule has 0 aliphatic heterocycles. The highest BCUT2D eigenvalue weighted by Crippen LogP contribution is 2.45. The fourth-order valence-corrected chi connectivity index (χ4v) is 11.5. The Bertz CT molecular complexity index is 4510. The summed E-state index contributed by atoms with van der Waals surface area (Å²) in [7, 11) is -21.5. The number of unbranched alkanes of at least 4 members (excludes halogenated alkanes) is 2. The van der Waals surface area contributed by atoms with E-state index in [9.17, 15) is 73.5 Å². The molecule has 0 atom stereocenters. The van der Waals surface area contributed by atoms with Crippen molar-refractivity contribution in [3.8, 4) is 46.0 Å². The Kier molecular flexibility index (Phi) is 28.1. The molecule has 6 aromatic carbocycles. The lowest BCUT2D eigenvalue weighted by Gasteiger charge is -2.17. The summed E-state index contributed by atoms with van der Waals surface area (Å²) in [5.74, 6) is -2.71. The van der Waals surface area contributed by atoms with Gasteiger partial charge in [0.1, 0.15) is 80.1 Å². The van der Waals surface area contributed by atoms with E-state index in [1.807, 2.05) is 0 Å². The molecule has 0 saturated carbocycles. The molecule has 2 amide bonds. The van der Waals surface area contributed by atoms with Gasteiger partial charge in [0.05, 0.1) is 110 Å². The van der Waals surface area contributed by atoms with E-state index in [4.69, 9.17) is 47.0 Å². The third-order valence-electron chi connectivity index (χ3n) is 13.3. The van der Waals surface area contributed by atoms with E-state index in [1.165, 1.54) is 89.1 Å². The van der Waals surface area contributed by atoms with Crippen LogP contribution in [0.4, 0.5) is 61.7 Å². The number of anilines is 2. The molecule has 100 heavy (non-hydrogen) atoms. The SMILES string of the molecule is COc1cc(N=Nc2ccc(S(=O)(=O)O)cc2OCCCCS(=O)(=O)O)c(OC)cc1N=Nc1cc(OCCCS(=O)(=O)O)c(NC(=O)Nc2cc(C)c(N=Nc3cc(OC)c(N=Nc4ccc(S(=O)(=O)O)cc4OCCCCS(=O)(=O)O)cc3OC)cc2OCCCS(=O)(=O)O)cc1C. The van der Waals surface area contributed by atoms with Crippen LogP contribution in [0.15, 0.2) is 136 Å². The molecule has 0 aliphatic rings. The summed E-state index contributed by atoms with van der Waals surface area (Å²) in [6, 6.07) is 16.6. The summed E-state index contributed by atoms with van der Waals surface area (Å²) in [6.45, 7) is 2.25. The van der Waals surface area contributed by atoms with Gasteiger partial charge in [-0.15, -0.1) is 30.7 Å². The molecule has 0 unspecified atom stereocenters. The summed E-state index contributed by atoms with van der Waals surface area (Å²) >= 11 is 0. The molecule has 0 saturated heterocycles. The average Bonchev–Trinajstić information content (AvgIpc) is 0.832. The lowest BCUT2D eigenvalue weighted by atomic mass is 10.1. The molecular weight excluding hydrogens is 1450 g/mol. The van der Waals surface area contributed by atoms with Crippen LogP contribution in [0.1, 0.15) is 49.7 Å². The number of benzene rings is 6. The minimum absolute atomic E-state index is 0.000236. The smallest absolute Gasteiger partial charge is 0.323 e. The van der Waals surface area contributed by atoms with Gasteiger partial charge in [-0.25, -0.2) is 4.79 Å². The zero-order valence-corrected chi connectivity index (χ0v) is 58.7. The number of rotatable bonds is 38. The summed E-state index contributed by atoms with van der Waals surface area (Å²) in [5, 5.41) is 39.6. The van der Waals surface area contributed by atoms with Crippen LogP contribution in [-0.4, -0.2) is 162 Å². The van der Waals surface area contributed by atoms with Gasteiger partial charge < -0.3 is 48.5 Å². The maximum Gasteiger partial charge on any atom is 0.323 e. The Balaban J connectivity index is 1.28. The van der Waals surface area contributed by atoms with Crippen molar-refractivity contribution in [2.75, 3.05) is 88.5 Å². The van der Waals surface area contributed by atoms with Crippen molar-refractivity contribution in [2.24, 2.45) is 40.9 Å². The average molecular weight is 1520 g/mol. The number of azo groups is 4. The van der Waals surface area contributed by atoms with Crippen molar-refractivity contribution in [3.05, 3.63) is 96.1 Å². The number of nitrogens with zero attached hydrogens (tertiary/aromatic N) is 8. The van der Waals surface area contributed by atoms with Gasteiger partial charge in [-0.05, 0) is 99.9 Å². The van der Waals surface area contributed by atoms with Gasteiger partial charge in [0.2, 0.25) is 0 Å². The summed E-state index contributed by atoms with van der Waals surface area (Å²) in [5.41, 5.74) is 1.19. The first kappa shape index (κ1) is 79.8. The number of urea groups is 1. The molecule has 0 heterocycles. The molecule has 8 N–H and O–H groups in total. The zero-order valence-electron chi connectivity index (χ0n) is 53.8. The van der Waals surface area contributed by atoms with Gasteiger partial charge in [-0.2, -0.15) is 60.7 Å². The van der Waals surface area contributed by atoms with Crippen molar-refractivity contribution in [2.45, 2.75) is 62.2 Å². The van der Waals surface area contributed by atoms with Crippen molar-refractivity contribution >= 4 is 124 Å². The van der Waals surface area contributed by atoms with Gasteiger partial charge in [0.15, 0.2) is 0 Å². The van der Waals surface area contributed by atoms with Gasteiger partial charge in [-0.1, -0.05) is 0 Å². The normalized spacial score (nSPS) is 12.5. The topological polar surface area (TPSA) is 540 Å². The van der Waals surface area contributed by atoms with Gasteiger partial charge in [0.25, 0.3) is 60.7 Å². The van der Waals surface area contributed by atoms with Crippen LogP contribution < -0.4 is 48.5 Å². The van der Waals surface area contributed by atoms with Crippen LogP contribution in [0.25, 0.3) is 0 Å². The molecule has 6 rings (SSSR count). The van der Waals surface area contributed by atoms with E-state index >= 15 is 0 Å². The monoisotopic (exact) mass is 1520 g/mol. The van der Waals surface area contributed by atoms with Crippen LogP contribution >= 0.6 is 0 Å². The molecule has 544 valence electrons. The third-order valence-corrected chi connectivity index (χ3v) is 18.2. The molecule has 0 radical (unpaired) electrons. The minimum atomic E-state index is -4.71. The lowest BCUT2D eigenvalue weighted by molar-refractivity contribution is 0.261. The van der Waals surface area contributed by atoms with E-state index in [2.05, 4.69) is 51.5 Å². The second kappa shape index (κ2) is 35.3. The number of hydrogen-bond donors (Lipinski definition) is 8. The largest absolute Gasteiger partial charge is 0.494 e. The predicted molar refractivity (Wildman–Crippen MR) is 359 cm³/mol. The van der Waals surface area contributed by atoms with Crippen molar-refractivity contribution in [1.29, 1.82) is 0 Å². The molecular formula is C57H68N10O27S6. The number of nitrogens with one attached hydrogen (secondary N) is 2. The number of carbonyl (C=O) groups excluding carboxylic acids is 1. The first-order valence-electron chi connectivity index (χ1n) is 29.0. The number of aryl methyl sites for hydroxylation is 2. The highest BCUT2D eigenvalue weighted by molar-refractivity contribution is 7.87. The maximum absolute atomic E-state index is 14.1. The Hall–Kier alpha value is -9.15. The standard InChI is InChI=1S/C57H68N10O27S6/c1-35-25-43(55(93-19-11-23-97(75,76)77)29-41(35)62-66-47-33-49(87-3)45(31-51(47)89-5)64-60-39-15-13-37(99(81,82)83)27-53(39)91-17-7-9-21-95(69,70)71)58-57(68)59-44-26-36(2)42(30-56(44)94-20-12-24-98(78,79)80)63-67-48-34-50(88-4)46(32-52(48)90-6)65-61-40-16-14-38(100(84,85)86)28-54(40)92-18-8-10-22-96(72,73)74/h13-16,25-34H,7-12,17-24H2,1-6H3,(H2,58,59,68)(H,69,70,71)(H,72,73,74)(H,75,76,77)(H,78,79,80)(H,81,82,83)(H,84,85,86). The Labute approximate surface area is 574 Å². The number of carbonyl (C=O) groups is 1. The van der Waals surface area contributed by atoms with E-state index in [-0.39, 0.29) is 168 Å². The van der Waals surface area contributed by atoms with Crippen LogP contribution in [0.3, 0.4) is 0 Å². The van der Waals surface area contributed by atoms with E-state index < -0.39 is 99.5 Å². The fourth-order valence-electron chi connectivity index (χ4n) is 8.45. The number of hydrogen-bond acceptors (Lipinski definition) is 29. The first-order chi connectivity index (χ1) is 46.8. The fraction of sp³-hybridized carbons (Fsp3) is 0.351. The second-order valence-electron chi connectivity index (χ2n) is 20.9. The summed E-state index contributed by atoms with van der Waals surface area (Å²) < 4.78 is 241. The van der Waals surface area contributed by atoms with Crippen LogP contribution in [0.5, 0.6) is 46.0 Å². The third kappa shape index (κ3) is 25.9. The zero-order chi connectivity index (χ0) is 73.8. The van der Waals surface area contributed by atoms with Crippen molar-refractivity contribution < 1.29 is 121 Å². The number of amides is 2. The number of ether oxygens (including phenoxy) is 8. The molecule has 0 spiro atoms. The summed E-state index contributed by atoms with van der Waals surface area (Å²) in [4.78, 5) is 13.0. The van der Waals surface area contributed by atoms with Crippen LogP contribution in [0, 0.1) is 13.8 Å². The second-order valence-corrected chi connectivity index (χ2v) is 30.0. The van der Waals surface area contributed by atoms with E-state index in [0.29, 0.717) is 11.1 Å². The lowest BCUT2D eigenvalue weighted by Crippen LogP contribution is -2.21. The van der Waals surface area contributed by atoms with Gasteiger partial charge in [-0.3, -0.25) is 27.3 Å². The molecule has 0 aromatic heterocycles. The Morgan fingerprint density at radius 1 is 0.330 bits per heavy atom. The molecule has 43 heteroatoms. The Morgan fingerprint density at radius 3 is 0.880 bits per heavy atom. The molecule has 0 aliphatic carbocycles. The Morgan fingerprint density at radius 2 is 0.590 bits per heavy atom. The van der Waals surface area contributed by atoms with Gasteiger partial charge >= 0.3 is 6.03 Å². The maximum atomic E-state index is 14.1. The van der Waals surface area contributed by atoms with Crippen LogP contribution in [-0.2, 0) is 60.7 Å². The molecule has 37 nitrogen and oxygen atoms in total. The van der Waals surface area contributed by atoms with Crippen LogP contribution in [0.2, 0.25) is 0 Å². The molecule has 6 aromatic rings. The van der Waals surface area contributed by atoms with E-state index in [0.717, 1.165) is 24.3 Å². The highest BCUT2D eigenvalue weighted by atomic mass is 32.2.